The minimum absolute atomic E-state index is 0.0549. The highest BCUT2D eigenvalue weighted by atomic mass is 19.1. The molecular formula is C31H35F2N3O4. The highest BCUT2D eigenvalue weighted by Gasteiger charge is 2.31. The van der Waals surface area contributed by atoms with Crippen LogP contribution < -0.4 is 15.5 Å². The molecule has 0 aromatic heterocycles. The molecule has 0 bridgehead atoms. The highest BCUT2D eigenvalue weighted by Crippen LogP contribution is 2.35. The lowest BCUT2D eigenvalue weighted by Crippen LogP contribution is -2.49. The van der Waals surface area contributed by atoms with Crippen molar-refractivity contribution in [2.75, 3.05) is 18.0 Å². The van der Waals surface area contributed by atoms with E-state index >= 15 is 0 Å². The first kappa shape index (κ1) is 29.2. The number of halogens is 2. The summed E-state index contributed by atoms with van der Waals surface area (Å²) in [7, 11) is 0. The standard InChI is InChI=1S/C31H35F2N3O4/c1-3-21-9-10-29-26(15-21)27(11-12-36(29)31(39)40-19-22-7-5-4-6-8-22)34-18-30(38)28(35-20(2)37)16-23-13-24(32)17-25(33)14-23/h4-10,13-15,17,27-28,30,34,38H,3,11-12,16,18-19H2,1-2H3,(H,35,37)/t27?,28-,30+/m0/s1. The zero-order chi connectivity index (χ0) is 28.6. The summed E-state index contributed by atoms with van der Waals surface area (Å²) in [5, 5.41) is 17.1. The van der Waals surface area contributed by atoms with Crippen LogP contribution >= 0.6 is 0 Å². The Kier molecular flexibility index (Phi) is 9.84. The van der Waals surface area contributed by atoms with Gasteiger partial charge in [-0.3, -0.25) is 9.69 Å². The van der Waals surface area contributed by atoms with Crippen LogP contribution in [0.15, 0.2) is 66.7 Å². The maximum Gasteiger partial charge on any atom is 0.414 e. The summed E-state index contributed by atoms with van der Waals surface area (Å²) < 4.78 is 33.0. The SMILES string of the molecule is CCc1ccc2c(c1)C(NC[C@@H](O)[C@H](Cc1cc(F)cc(F)c1)NC(C)=O)CCN2C(=O)OCc1ccccc1. The van der Waals surface area contributed by atoms with Crippen LogP contribution in [0.1, 0.15) is 48.6 Å². The number of aliphatic hydroxyl groups excluding tert-OH is 1. The van der Waals surface area contributed by atoms with Gasteiger partial charge in [0.25, 0.3) is 0 Å². The van der Waals surface area contributed by atoms with Crippen LogP contribution in [0.2, 0.25) is 0 Å². The van der Waals surface area contributed by atoms with Gasteiger partial charge < -0.3 is 20.5 Å². The molecule has 40 heavy (non-hydrogen) atoms. The molecule has 1 aliphatic rings. The van der Waals surface area contributed by atoms with Crippen molar-refractivity contribution in [3.05, 3.63) is 101 Å². The number of nitrogens with zero attached hydrogens (tertiary/aromatic N) is 1. The Morgan fingerprint density at radius 3 is 2.42 bits per heavy atom. The van der Waals surface area contributed by atoms with Gasteiger partial charge in [-0.2, -0.15) is 0 Å². The van der Waals surface area contributed by atoms with Crippen molar-refractivity contribution in [3.8, 4) is 0 Å². The summed E-state index contributed by atoms with van der Waals surface area (Å²) in [6.07, 6.45) is -0.0227. The Morgan fingerprint density at radius 1 is 1.02 bits per heavy atom. The summed E-state index contributed by atoms with van der Waals surface area (Å²) in [6.45, 7) is 4.08. The molecule has 212 valence electrons. The predicted octanol–water partition coefficient (Wildman–Crippen LogP) is 4.81. The van der Waals surface area contributed by atoms with Crippen LogP contribution in [0, 0.1) is 11.6 Å². The molecule has 1 heterocycles. The second kappa shape index (κ2) is 13.5. The maximum atomic E-state index is 13.7. The van der Waals surface area contributed by atoms with Gasteiger partial charge in [-0.25, -0.2) is 13.6 Å². The molecule has 3 aromatic carbocycles. The number of fused-ring (bicyclic) bond motifs is 1. The Labute approximate surface area is 233 Å². The number of carbonyl (C=O) groups excluding carboxylic acids is 2. The van der Waals surface area contributed by atoms with Gasteiger partial charge in [0, 0.05) is 32.1 Å². The highest BCUT2D eigenvalue weighted by molar-refractivity contribution is 5.89. The van der Waals surface area contributed by atoms with Gasteiger partial charge in [0.05, 0.1) is 17.8 Å². The second-order valence-electron chi connectivity index (χ2n) is 10.0. The fraction of sp³-hybridized carbons (Fsp3) is 0.355. The lowest BCUT2D eigenvalue weighted by molar-refractivity contribution is -0.120. The number of hydrogen-bond acceptors (Lipinski definition) is 5. The van der Waals surface area contributed by atoms with E-state index in [0.29, 0.717) is 18.5 Å². The van der Waals surface area contributed by atoms with Crippen LogP contribution in [0.4, 0.5) is 19.3 Å². The molecule has 0 saturated heterocycles. The zero-order valence-corrected chi connectivity index (χ0v) is 22.7. The van der Waals surface area contributed by atoms with Gasteiger partial charge in [-0.1, -0.05) is 49.4 Å². The number of aryl methyl sites for hydroxylation is 1. The van der Waals surface area contributed by atoms with E-state index in [-0.39, 0.29) is 31.5 Å². The number of carbonyl (C=O) groups is 2. The van der Waals surface area contributed by atoms with Crippen molar-refractivity contribution >= 4 is 17.7 Å². The Bertz CT molecular complexity index is 1300. The van der Waals surface area contributed by atoms with E-state index in [1.54, 1.807) is 4.90 Å². The van der Waals surface area contributed by atoms with Crippen LogP contribution in [0.25, 0.3) is 0 Å². The third-order valence-electron chi connectivity index (χ3n) is 7.04. The Morgan fingerprint density at radius 2 is 1.75 bits per heavy atom. The van der Waals surface area contributed by atoms with Gasteiger partial charge in [0.2, 0.25) is 5.91 Å². The first-order chi connectivity index (χ1) is 19.2. The number of nitrogens with one attached hydrogen (secondary N) is 2. The molecular weight excluding hydrogens is 516 g/mol. The van der Waals surface area contributed by atoms with Gasteiger partial charge in [0.1, 0.15) is 18.2 Å². The third kappa shape index (κ3) is 7.64. The number of ether oxygens (including phenoxy) is 1. The quantitative estimate of drug-likeness (QED) is 0.336. The largest absolute Gasteiger partial charge is 0.444 e. The fourth-order valence-corrected chi connectivity index (χ4v) is 5.01. The smallest absolute Gasteiger partial charge is 0.414 e. The number of anilines is 1. The van der Waals surface area contributed by atoms with E-state index < -0.39 is 29.9 Å². The summed E-state index contributed by atoms with van der Waals surface area (Å²) in [5.41, 5.74) is 3.99. The topological polar surface area (TPSA) is 90.9 Å². The van der Waals surface area contributed by atoms with Crippen LogP contribution in [0.5, 0.6) is 0 Å². The van der Waals surface area contributed by atoms with E-state index in [1.807, 2.05) is 42.5 Å². The molecule has 3 atom stereocenters. The number of aliphatic hydroxyl groups is 1. The number of benzene rings is 3. The van der Waals surface area contributed by atoms with Crippen molar-refractivity contribution in [3.63, 3.8) is 0 Å². The summed E-state index contributed by atoms with van der Waals surface area (Å²) >= 11 is 0. The Balaban J connectivity index is 1.46. The lowest BCUT2D eigenvalue weighted by Gasteiger charge is -2.35. The molecule has 3 N–H and O–H groups in total. The van der Waals surface area contributed by atoms with Gasteiger partial charge in [-0.05, 0) is 59.7 Å². The molecule has 0 aliphatic carbocycles. The average Bonchev–Trinajstić information content (AvgIpc) is 2.93. The summed E-state index contributed by atoms with van der Waals surface area (Å²) in [4.78, 5) is 26.5. The number of hydrogen-bond donors (Lipinski definition) is 3. The maximum absolute atomic E-state index is 13.7. The molecule has 3 aromatic rings. The molecule has 9 heteroatoms. The molecule has 1 unspecified atom stereocenters. The van der Waals surface area contributed by atoms with Crippen molar-refractivity contribution in [2.45, 2.75) is 57.9 Å². The van der Waals surface area contributed by atoms with Crippen molar-refractivity contribution < 1.29 is 28.2 Å². The van der Waals surface area contributed by atoms with Gasteiger partial charge >= 0.3 is 6.09 Å². The third-order valence-corrected chi connectivity index (χ3v) is 7.04. The van der Waals surface area contributed by atoms with Gasteiger partial charge in [-0.15, -0.1) is 0 Å². The molecule has 0 radical (unpaired) electrons. The lowest BCUT2D eigenvalue weighted by atomic mass is 9.93. The van der Waals surface area contributed by atoms with E-state index in [0.717, 1.165) is 34.9 Å². The fourth-order valence-electron chi connectivity index (χ4n) is 5.01. The van der Waals surface area contributed by atoms with E-state index in [2.05, 4.69) is 23.6 Å². The molecule has 0 spiro atoms. The normalized spacial score (nSPS) is 16.1. The van der Waals surface area contributed by atoms with Crippen molar-refractivity contribution in [1.82, 2.24) is 10.6 Å². The summed E-state index contributed by atoms with van der Waals surface area (Å²) in [6, 6.07) is 17.7. The first-order valence-electron chi connectivity index (χ1n) is 13.5. The first-order valence-corrected chi connectivity index (χ1v) is 13.5. The van der Waals surface area contributed by atoms with Crippen molar-refractivity contribution in [2.24, 2.45) is 0 Å². The number of amides is 2. The molecule has 0 saturated carbocycles. The number of rotatable bonds is 10. The average molecular weight is 552 g/mol. The Hall–Kier alpha value is -3.82. The minimum atomic E-state index is -1.04. The molecule has 4 rings (SSSR count). The van der Waals surface area contributed by atoms with E-state index in [1.165, 1.54) is 19.1 Å². The van der Waals surface area contributed by atoms with Gasteiger partial charge in [0.15, 0.2) is 0 Å². The van der Waals surface area contributed by atoms with E-state index in [9.17, 15) is 23.5 Å². The van der Waals surface area contributed by atoms with E-state index in [4.69, 9.17) is 4.74 Å². The van der Waals surface area contributed by atoms with Crippen LogP contribution in [-0.4, -0.2) is 42.3 Å². The van der Waals surface area contributed by atoms with Crippen LogP contribution in [0.3, 0.4) is 0 Å². The van der Waals surface area contributed by atoms with Crippen molar-refractivity contribution in [1.29, 1.82) is 0 Å². The summed E-state index contributed by atoms with van der Waals surface area (Å²) in [5.74, 6) is -1.80. The predicted molar refractivity (Wildman–Crippen MR) is 149 cm³/mol. The monoisotopic (exact) mass is 551 g/mol. The van der Waals surface area contributed by atoms with Crippen LogP contribution in [-0.2, 0) is 29.0 Å². The molecule has 1 aliphatic heterocycles. The second-order valence-corrected chi connectivity index (χ2v) is 10.0. The zero-order valence-electron chi connectivity index (χ0n) is 22.7. The minimum Gasteiger partial charge on any atom is -0.444 e. The molecule has 0 fully saturated rings. The molecule has 2 amide bonds. The molecule has 7 nitrogen and oxygen atoms in total.